The van der Waals surface area contributed by atoms with Crippen LogP contribution in [-0.2, 0) is 0 Å². The Labute approximate surface area is 71.4 Å². The van der Waals surface area contributed by atoms with E-state index in [1.54, 1.807) is 0 Å². The summed E-state index contributed by atoms with van der Waals surface area (Å²) in [6, 6.07) is 0.480. The van der Waals surface area contributed by atoms with Crippen LogP contribution in [0.5, 0.6) is 0 Å². The van der Waals surface area contributed by atoms with E-state index in [2.05, 4.69) is 13.8 Å². The Kier molecular flexibility index (Phi) is 4.74. The number of nitrogens with two attached hydrogens (primary N) is 1. The van der Waals surface area contributed by atoms with Crippen molar-refractivity contribution in [3.63, 3.8) is 0 Å². The summed E-state index contributed by atoms with van der Waals surface area (Å²) in [5.41, 5.74) is 6.34. The molecule has 0 radical (unpaired) electrons. The average Bonchev–Trinajstić information content (AvgIpc) is 1.89. The first-order chi connectivity index (χ1) is 5.10. The van der Waals surface area contributed by atoms with Gasteiger partial charge >= 0.3 is 0 Å². The molecule has 1 atom stereocenters. The van der Waals surface area contributed by atoms with Crippen LogP contribution in [-0.4, -0.2) is 6.04 Å². The lowest BCUT2D eigenvalue weighted by molar-refractivity contribution is 0.221. The molecule has 0 aliphatic heterocycles. The van der Waals surface area contributed by atoms with Crippen LogP contribution in [0.25, 0.3) is 0 Å². The third kappa shape index (κ3) is 4.41. The highest BCUT2D eigenvalue weighted by atomic mass is 14.6. The molecule has 68 valence electrons. The Morgan fingerprint density at radius 3 is 2.09 bits per heavy atom. The molecule has 0 amide bonds. The molecule has 1 aliphatic carbocycles. The highest BCUT2D eigenvalue weighted by Gasteiger charge is 2.25. The van der Waals surface area contributed by atoms with Crippen LogP contribution in [0.3, 0.4) is 0 Å². The van der Waals surface area contributed by atoms with Crippen molar-refractivity contribution in [2.45, 2.75) is 59.4 Å². The van der Waals surface area contributed by atoms with E-state index in [1.807, 2.05) is 13.8 Å². The average molecular weight is 157 g/mol. The monoisotopic (exact) mass is 157 g/mol. The summed E-state index contributed by atoms with van der Waals surface area (Å²) in [4.78, 5) is 0. The van der Waals surface area contributed by atoms with Gasteiger partial charge in [0.15, 0.2) is 0 Å². The first-order valence-corrected chi connectivity index (χ1v) is 4.86. The van der Waals surface area contributed by atoms with Gasteiger partial charge in [0, 0.05) is 6.04 Å². The molecule has 2 N–H and O–H groups in total. The predicted octanol–water partition coefficient (Wildman–Crippen LogP) is 2.94. The Morgan fingerprint density at radius 1 is 1.27 bits per heavy atom. The van der Waals surface area contributed by atoms with Gasteiger partial charge in [0.2, 0.25) is 0 Å². The summed E-state index contributed by atoms with van der Waals surface area (Å²) < 4.78 is 0. The van der Waals surface area contributed by atoms with Gasteiger partial charge in [-0.3, -0.25) is 0 Å². The summed E-state index contributed by atoms with van der Waals surface area (Å²) in [7, 11) is 0. The topological polar surface area (TPSA) is 26.0 Å². The van der Waals surface area contributed by atoms with Crippen molar-refractivity contribution in [2.24, 2.45) is 11.1 Å². The van der Waals surface area contributed by atoms with Crippen LogP contribution in [0.4, 0.5) is 0 Å². The molecule has 1 unspecified atom stereocenters. The molecule has 1 heteroatoms. The van der Waals surface area contributed by atoms with Gasteiger partial charge in [0.05, 0.1) is 0 Å². The maximum absolute atomic E-state index is 5.81. The summed E-state index contributed by atoms with van der Waals surface area (Å²) in [5, 5.41) is 0. The van der Waals surface area contributed by atoms with Crippen molar-refractivity contribution in [1.82, 2.24) is 0 Å². The maximum atomic E-state index is 5.81. The molecule has 0 saturated heterocycles. The van der Waals surface area contributed by atoms with Crippen LogP contribution in [0, 0.1) is 5.41 Å². The summed E-state index contributed by atoms with van der Waals surface area (Å²) in [6.07, 6.45) is 5.14. The summed E-state index contributed by atoms with van der Waals surface area (Å²) in [6.45, 7) is 8.62. The molecule has 0 spiro atoms. The zero-order valence-electron chi connectivity index (χ0n) is 8.48. The maximum Gasteiger partial charge on any atom is 0.00439 e. The van der Waals surface area contributed by atoms with Gasteiger partial charge in [-0.05, 0) is 24.7 Å². The van der Waals surface area contributed by atoms with Crippen molar-refractivity contribution in [2.75, 3.05) is 0 Å². The number of rotatable bonds is 0. The van der Waals surface area contributed by atoms with Crippen molar-refractivity contribution in [3.8, 4) is 0 Å². The zero-order valence-corrected chi connectivity index (χ0v) is 8.48. The van der Waals surface area contributed by atoms with E-state index in [0.29, 0.717) is 11.5 Å². The van der Waals surface area contributed by atoms with E-state index < -0.39 is 0 Å². The molecule has 1 nitrogen and oxygen atoms in total. The quantitative estimate of drug-likeness (QED) is 0.575. The smallest absolute Gasteiger partial charge is 0.00439 e. The Hall–Kier alpha value is -0.0400. The second-order valence-corrected chi connectivity index (χ2v) is 4.02. The van der Waals surface area contributed by atoms with E-state index in [9.17, 15) is 0 Å². The summed E-state index contributed by atoms with van der Waals surface area (Å²) >= 11 is 0. The molecule has 0 bridgehead atoms. The second-order valence-electron chi connectivity index (χ2n) is 4.02. The first-order valence-electron chi connectivity index (χ1n) is 4.86. The second kappa shape index (κ2) is 4.76. The van der Waals surface area contributed by atoms with Crippen molar-refractivity contribution >= 4 is 0 Å². The fraction of sp³-hybridized carbons (Fsp3) is 1.00. The molecule has 0 heterocycles. The molecular weight excluding hydrogens is 134 g/mol. The minimum Gasteiger partial charge on any atom is -0.328 e. The van der Waals surface area contributed by atoms with Gasteiger partial charge in [-0.2, -0.15) is 0 Å². The lowest BCUT2D eigenvalue weighted by Crippen LogP contribution is -2.32. The van der Waals surface area contributed by atoms with Crippen LogP contribution in [0.15, 0.2) is 0 Å². The third-order valence-corrected chi connectivity index (χ3v) is 2.24. The molecular formula is C10H23N. The molecule has 0 aromatic carbocycles. The number of hydrogen-bond acceptors (Lipinski definition) is 1. The highest BCUT2D eigenvalue weighted by Crippen LogP contribution is 2.33. The molecule has 11 heavy (non-hydrogen) atoms. The van der Waals surface area contributed by atoms with Crippen molar-refractivity contribution in [3.05, 3.63) is 0 Å². The zero-order chi connectivity index (χ0) is 8.91. The van der Waals surface area contributed by atoms with Crippen molar-refractivity contribution in [1.29, 1.82) is 0 Å². The predicted molar refractivity (Wildman–Crippen MR) is 51.6 cm³/mol. The van der Waals surface area contributed by atoms with Gasteiger partial charge < -0.3 is 5.73 Å². The van der Waals surface area contributed by atoms with Gasteiger partial charge in [-0.1, -0.05) is 34.1 Å². The van der Waals surface area contributed by atoms with Gasteiger partial charge in [-0.15, -0.1) is 0 Å². The number of hydrogen-bond donors (Lipinski definition) is 1. The first kappa shape index (κ1) is 11.0. The standard InChI is InChI=1S/C8H17N.C2H6/c1-8(2)5-3-4-7(9)6-8;1-2/h7H,3-6,9H2,1-2H3;1-2H3. The molecule has 0 aromatic heterocycles. The normalized spacial score (nSPS) is 28.6. The fourth-order valence-corrected chi connectivity index (χ4v) is 1.76. The molecule has 1 rings (SSSR count). The lowest BCUT2D eigenvalue weighted by atomic mass is 9.75. The molecule has 0 aromatic rings. The van der Waals surface area contributed by atoms with Gasteiger partial charge in [0.1, 0.15) is 0 Å². The Balaban J connectivity index is 0.000000461. The Bertz CT molecular complexity index is 97.0. The van der Waals surface area contributed by atoms with E-state index in [1.165, 1.54) is 25.7 Å². The van der Waals surface area contributed by atoms with E-state index >= 15 is 0 Å². The van der Waals surface area contributed by atoms with E-state index in [4.69, 9.17) is 5.73 Å². The van der Waals surface area contributed by atoms with E-state index in [0.717, 1.165) is 0 Å². The molecule has 1 aliphatic rings. The largest absolute Gasteiger partial charge is 0.328 e. The third-order valence-electron chi connectivity index (χ3n) is 2.24. The Morgan fingerprint density at radius 2 is 1.82 bits per heavy atom. The highest BCUT2D eigenvalue weighted by molar-refractivity contribution is 4.80. The lowest BCUT2D eigenvalue weighted by Gasteiger charge is -2.33. The van der Waals surface area contributed by atoms with Gasteiger partial charge in [-0.25, -0.2) is 0 Å². The SMILES string of the molecule is CC.CC1(C)CCCC(N)C1. The summed E-state index contributed by atoms with van der Waals surface area (Å²) in [5.74, 6) is 0. The van der Waals surface area contributed by atoms with Gasteiger partial charge in [0.25, 0.3) is 0 Å². The van der Waals surface area contributed by atoms with Crippen molar-refractivity contribution < 1.29 is 0 Å². The van der Waals surface area contributed by atoms with Crippen LogP contribution in [0.1, 0.15) is 53.4 Å². The van der Waals surface area contributed by atoms with Crippen LogP contribution < -0.4 is 5.73 Å². The minimum atomic E-state index is 0.480. The minimum absolute atomic E-state index is 0.480. The fourth-order valence-electron chi connectivity index (χ4n) is 1.76. The molecule has 1 fully saturated rings. The van der Waals surface area contributed by atoms with Crippen LogP contribution in [0.2, 0.25) is 0 Å². The van der Waals surface area contributed by atoms with Crippen LogP contribution >= 0.6 is 0 Å². The van der Waals surface area contributed by atoms with E-state index in [-0.39, 0.29) is 0 Å². The molecule has 1 saturated carbocycles.